The van der Waals surface area contributed by atoms with Crippen molar-refractivity contribution >= 4 is 38.3 Å². The van der Waals surface area contributed by atoms with Crippen molar-refractivity contribution in [2.75, 3.05) is 7.11 Å². The number of fused-ring (bicyclic) bond motifs is 2. The van der Waals surface area contributed by atoms with Gasteiger partial charge in [-0.15, -0.1) is 11.3 Å². The molecule has 6 nitrogen and oxygen atoms in total. The number of benzene rings is 2. The number of hydrogen-bond acceptors (Lipinski definition) is 6. The molecule has 0 saturated heterocycles. The summed E-state index contributed by atoms with van der Waals surface area (Å²) in [6, 6.07) is 13.5. The van der Waals surface area contributed by atoms with E-state index in [1.807, 2.05) is 41.8 Å². The van der Waals surface area contributed by atoms with Crippen molar-refractivity contribution in [3.8, 4) is 5.75 Å². The zero-order valence-electron chi connectivity index (χ0n) is 15.3. The standard InChI is InChI=1S/C21H18N2O4S/c1-26-17-5-4-15-10-14(2-3-16(15)11-17)12-27-19(24)6-8-23-13-22-20-18(21(23)25)7-9-28-20/h2-5,7,9-11,13H,6,8,12H2,1H3. The fourth-order valence-corrected chi connectivity index (χ4v) is 3.71. The molecular formula is C21H18N2O4S. The van der Waals surface area contributed by atoms with E-state index in [0.29, 0.717) is 10.2 Å². The number of methoxy groups -OCH3 is 1. The number of aromatic nitrogens is 2. The van der Waals surface area contributed by atoms with E-state index in [9.17, 15) is 9.59 Å². The van der Waals surface area contributed by atoms with E-state index >= 15 is 0 Å². The van der Waals surface area contributed by atoms with Gasteiger partial charge in [0.15, 0.2) is 0 Å². The SMILES string of the molecule is COc1ccc2cc(COC(=O)CCn3cnc4sccc4c3=O)ccc2c1. The average Bonchev–Trinajstić information content (AvgIpc) is 3.21. The first-order valence-electron chi connectivity index (χ1n) is 8.79. The molecule has 4 rings (SSSR count). The number of esters is 1. The topological polar surface area (TPSA) is 70.4 Å². The van der Waals surface area contributed by atoms with Crippen LogP contribution in [0.4, 0.5) is 0 Å². The van der Waals surface area contributed by atoms with Crippen molar-refractivity contribution < 1.29 is 14.3 Å². The highest BCUT2D eigenvalue weighted by Gasteiger charge is 2.09. The highest BCUT2D eigenvalue weighted by molar-refractivity contribution is 7.16. The number of thiophene rings is 1. The Kier molecular flexibility index (Phi) is 5.08. The van der Waals surface area contributed by atoms with Crippen LogP contribution >= 0.6 is 11.3 Å². The van der Waals surface area contributed by atoms with Gasteiger partial charge < -0.3 is 9.47 Å². The molecule has 2 aromatic heterocycles. The minimum Gasteiger partial charge on any atom is -0.497 e. The largest absolute Gasteiger partial charge is 0.497 e. The quantitative estimate of drug-likeness (QED) is 0.466. The van der Waals surface area contributed by atoms with Gasteiger partial charge in [0.25, 0.3) is 5.56 Å². The van der Waals surface area contributed by atoms with Crippen molar-refractivity contribution in [2.24, 2.45) is 0 Å². The van der Waals surface area contributed by atoms with Crippen LogP contribution in [-0.2, 0) is 22.7 Å². The minimum absolute atomic E-state index is 0.113. The Morgan fingerprint density at radius 1 is 1.14 bits per heavy atom. The normalized spacial score (nSPS) is 11.0. The predicted molar refractivity (Wildman–Crippen MR) is 109 cm³/mol. The fraction of sp³-hybridized carbons (Fsp3) is 0.190. The van der Waals surface area contributed by atoms with Crippen LogP contribution in [0.15, 0.2) is 59.0 Å². The van der Waals surface area contributed by atoms with Crippen LogP contribution in [0.25, 0.3) is 21.0 Å². The highest BCUT2D eigenvalue weighted by atomic mass is 32.1. The second kappa shape index (κ2) is 7.82. The van der Waals surface area contributed by atoms with Crippen LogP contribution in [0, 0.1) is 0 Å². The van der Waals surface area contributed by atoms with Crippen molar-refractivity contribution in [1.29, 1.82) is 0 Å². The summed E-state index contributed by atoms with van der Waals surface area (Å²) in [5.41, 5.74) is 0.772. The van der Waals surface area contributed by atoms with Gasteiger partial charge in [0.05, 0.1) is 25.2 Å². The Bertz CT molecular complexity index is 1210. The van der Waals surface area contributed by atoms with Crippen molar-refractivity contribution in [1.82, 2.24) is 9.55 Å². The zero-order valence-corrected chi connectivity index (χ0v) is 16.1. The van der Waals surface area contributed by atoms with Gasteiger partial charge in [0.1, 0.15) is 17.2 Å². The molecular weight excluding hydrogens is 376 g/mol. The number of carbonyl (C=O) groups excluding carboxylic acids is 1. The number of aryl methyl sites for hydroxylation is 1. The second-order valence-electron chi connectivity index (χ2n) is 6.34. The summed E-state index contributed by atoms with van der Waals surface area (Å²) in [6.45, 7) is 0.436. The summed E-state index contributed by atoms with van der Waals surface area (Å²) >= 11 is 1.42. The molecule has 0 aliphatic rings. The molecule has 2 aromatic carbocycles. The van der Waals surface area contributed by atoms with Gasteiger partial charge >= 0.3 is 5.97 Å². The molecule has 0 atom stereocenters. The third-order valence-corrected chi connectivity index (χ3v) is 5.34. The van der Waals surface area contributed by atoms with E-state index in [4.69, 9.17) is 9.47 Å². The lowest BCUT2D eigenvalue weighted by Gasteiger charge is -2.08. The van der Waals surface area contributed by atoms with Gasteiger partial charge in [0, 0.05) is 6.54 Å². The summed E-state index contributed by atoms with van der Waals surface area (Å²) in [7, 11) is 1.64. The molecule has 0 bridgehead atoms. The Morgan fingerprint density at radius 2 is 1.96 bits per heavy atom. The lowest BCUT2D eigenvalue weighted by atomic mass is 10.1. The number of carbonyl (C=O) groups is 1. The van der Waals surface area contributed by atoms with Crippen LogP contribution in [-0.4, -0.2) is 22.6 Å². The summed E-state index contributed by atoms with van der Waals surface area (Å²) in [4.78, 5) is 29.4. The van der Waals surface area contributed by atoms with Crippen LogP contribution < -0.4 is 10.3 Å². The minimum atomic E-state index is -0.354. The van der Waals surface area contributed by atoms with E-state index in [0.717, 1.165) is 22.1 Å². The van der Waals surface area contributed by atoms with E-state index in [2.05, 4.69) is 4.98 Å². The van der Waals surface area contributed by atoms with Gasteiger partial charge in [-0.05, 0) is 46.0 Å². The van der Waals surface area contributed by atoms with Gasteiger partial charge in [0.2, 0.25) is 0 Å². The molecule has 0 aliphatic heterocycles. The smallest absolute Gasteiger partial charge is 0.307 e. The number of nitrogens with zero attached hydrogens (tertiary/aromatic N) is 2. The maximum atomic E-state index is 12.3. The number of ether oxygens (including phenoxy) is 2. The molecule has 0 fully saturated rings. The second-order valence-corrected chi connectivity index (χ2v) is 7.24. The fourth-order valence-electron chi connectivity index (χ4n) is 2.99. The third kappa shape index (κ3) is 3.75. The Morgan fingerprint density at radius 3 is 2.82 bits per heavy atom. The van der Waals surface area contributed by atoms with E-state index in [1.165, 1.54) is 22.2 Å². The summed E-state index contributed by atoms with van der Waals surface area (Å²) < 4.78 is 12.0. The summed E-state index contributed by atoms with van der Waals surface area (Å²) in [6.07, 6.45) is 1.59. The first-order chi connectivity index (χ1) is 13.6. The summed E-state index contributed by atoms with van der Waals surface area (Å²) in [5, 5.41) is 4.52. The van der Waals surface area contributed by atoms with E-state index in [1.54, 1.807) is 13.2 Å². The molecule has 7 heteroatoms. The molecule has 0 saturated carbocycles. The molecule has 0 aliphatic carbocycles. The average molecular weight is 394 g/mol. The van der Waals surface area contributed by atoms with Crippen LogP contribution in [0.1, 0.15) is 12.0 Å². The van der Waals surface area contributed by atoms with Crippen molar-refractivity contribution in [2.45, 2.75) is 19.6 Å². The molecule has 142 valence electrons. The van der Waals surface area contributed by atoms with Crippen molar-refractivity contribution in [3.63, 3.8) is 0 Å². The van der Waals surface area contributed by atoms with Gasteiger partial charge in [-0.25, -0.2) is 4.98 Å². The lowest BCUT2D eigenvalue weighted by Crippen LogP contribution is -2.21. The molecule has 0 spiro atoms. The maximum absolute atomic E-state index is 12.3. The van der Waals surface area contributed by atoms with Crippen LogP contribution in [0.5, 0.6) is 5.75 Å². The molecule has 0 radical (unpaired) electrons. The molecule has 2 heterocycles. The third-order valence-electron chi connectivity index (χ3n) is 4.52. The van der Waals surface area contributed by atoms with Gasteiger partial charge in [-0.3, -0.25) is 14.2 Å². The van der Waals surface area contributed by atoms with Crippen LogP contribution in [0.3, 0.4) is 0 Å². The maximum Gasteiger partial charge on any atom is 0.307 e. The summed E-state index contributed by atoms with van der Waals surface area (Å²) in [5.74, 6) is 0.448. The first-order valence-corrected chi connectivity index (χ1v) is 9.67. The van der Waals surface area contributed by atoms with E-state index in [-0.39, 0.29) is 31.1 Å². The number of hydrogen-bond donors (Lipinski definition) is 0. The van der Waals surface area contributed by atoms with E-state index < -0.39 is 0 Å². The Hall–Kier alpha value is -3.19. The molecule has 0 amide bonds. The highest BCUT2D eigenvalue weighted by Crippen LogP contribution is 2.22. The van der Waals surface area contributed by atoms with Gasteiger partial charge in [-0.2, -0.15) is 0 Å². The Labute approximate surface area is 165 Å². The van der Waals surface area contributed by atoms with Gasteiger partial charge in [-0.1, -0.05) is 18.2 Å². The first kappa shape index (κ1) is 18.2. The van der Waals surface area contributed by atoms with Crippen molar-refractivity contribution in [3.05, 3.63) is 70.1 Å². The van der Waals surface area contributed by atoms with Crippen LogP contribution in [0.2, 0.25) is 0 Å². The zero-order chi connectivity index (χ0) is 19.5. The predicted octanol–water partition coefficient (Wildman–Crippen LogP) is 3.75. The lowest BCUT2D eigenvalue weighted by molar-refractivity contribution is -0.145. The molecule has 28 heavy (non-hydrogen) atoms. The molecule has 0 unspecified atom stereocenters. The molecule has 0 N–H and O–H groups in total. The monoisotopic (exact) mass is 394 g/mol. The number of rotatable bonds is 6. The molecule has 4 aromatic rings. The Balaban J connectivity index is 1.36.